The van der Waals surface area contributed by atoms with E-state index in [0.717, 1.165) is 45.0 Å². The van der Waals surface area contributed by atoms with Crippen LogP contribution in [0.15, 0.2) is 11.8 Å². The lowest BCUT2D eigenvalue weighted by Gasteiger charge is -2.39. The summed E-state index contributed by atoms with van der Waals surface area (Å²) in [7, 11) is 0. The van der Waals surface area contributed by atoms with E-state index in [1.54, 1.807) is 0 Å². The molecular formula is C14H26N2O2. The lowest BCUT2D eigenvalue weighted by Crippen LogP contribution is -2.54. The molecule has 0 aromatic carbocycles. The smallest absolute Gasteiger partial charge is 0.112 e. The largest absolute Gasteiger partial charge is 0.496 e. The Morgan fingerprint density at radius 2 is 2.28 bits per heavy atom. The van der Waals surface area contributed by atoms with Crippen molar-refractivity contribution in [2.45, 2.75) is 45.4 Å². The van der Waals surface area contributed by atoms with Gasteiger partial charge < -0.3 is 14.8 Å². The molecule has 0 amide bonds. The van der Waals surface area contributed by atoms with Crippen LogP contribution in [0.1, 0.15) is 27.2 Å². The first-order valence-electron chi connectivity index (χ1n) is 7.14. The predicted octanol–water partition coefficient (Wildman–Crippen LogP) is 1.38. The zero-order chi connectivity index (χ0) is 13.0. The third-order valence-electron chi connectivity index (χ3n) is 3.69. The molecule has 0 aliphatic carbocycles. The lowest BCUT2D eigenvalue weighted by molar-refractivity contribution is -0.0560. The molecule has 2 atom stereocenters. The van der Waals surface area contributed by atoms with E-state index in [1.165, 1.54) is 0 Å². The van der Waals surface area contributed by atoms with Crippen LogP contribution in [0.3, 0.4) is 0 Å². The minimum absolute atomic E-state index is 0.199. The first kappa shape index (κ1) is 13.8. The first-order valence-corrected chi connectivity index (χ1v) is 7.14. The second-order valence-electron chi connectivity index (χ2n) is 5.28. The van der Waals surface area contributed by atoms with Crippen LogP contribution in [0, 0.1) is 0 Å². The molecule has 104 valence electrons. The highest BCUT2D eigenvalue weighted by Gasteiger charge is 2.32. The van der Waals surface area contributed by atoms with E-state index in [1.807, 2.05) is 0 Å². The van der Waals surface area contributed by atoms with Crippen LogP contribution >= 0.6 is 0 Å². The van der Waals surface area contributed by atoms with Crippen molar-refractivity contribution in [3.8, 4) is 0 Å². The molecule has 0 aromatic rings. The monoisotopic (exact) mass is 254 g/mol. The van der Waals surface area contributed by atoms with Crippen molar-refractivity contribution in [3.05, 3.63) is 11.8 Å². The number of nitrogens with one attached hydrogen (secondary N) is 1. The maximum atomic E-state index is 5.96. The third-order valence-corrected chi connectivity index (χ3v) is 3.69. The van der Waals surface area contributed by atoms with Crippen LogP contribution in [0.2, 0.25) is 0 Å². The van der Waals surface area contributed by atoms with Crippen LogP contribution in [0.5, 0.6) is 0 Å². The Labute approximate surface area is 110 Å². The maximum absolute atomic E-state index is 5.96. The summed E-state index contributed by atoms with van der Waals surface area (Å²) in [6.45, 7) is 11.2. The van der Waals surface area contributed by atoms with Crippen molar-refractivity contribution in [2.24, 2.45) is 0 Å². The summed E-state index contributed by atoms with van der Waals surface area (Å²) < 4.78 is 11.7. The summed E-state index contributed by atoms with van der Waals surface area (Å²) in [6.07, 6.45) is 3.42. The highest BCUT2D eigenvalue weighted by atomic mass is 16.5. The normalized spacial score (nSPS) is 27.1. The summed E-state index contributed by atoms with van der Waals surface area (Å²) in [5, 5.41) is 3.51. The lowest BCUT2D eigenvalue weighted by atomic mass is 10.1. The van der Waals surface area contributed by atoms with E-state index < -0.39 is 0 Å². The zero-order valence-corrected chi connectivity index (χ0v) is 11.8. The maximum Gasteiger partial charge on any atom is 0.112 e. The van der Waals surface area contributed by atoms with E-state index in [4.69, 9.17) is 9.47 Å². The van der Waals surface area contributed by atoms with E-state index in [-0.39, 0.29) is 12.1 Å². The average Bonchev–Trinajstić information content (AvgIpc) is 2.89. The molecule has 1 N–H and O–H groups in total. The van der Waals surface area contributed by atoms with Crippen molar-refractivity contribution in [1.29, 1.82) is 0 Å². The fraction of sp³-hybridized carbons (Fsp3) is 0.857. The second-order valence-corrected chi connectivity index (χ2v) is 5.28. The van der Waals surface area contributed by atoms with Gasteiger partial charge in [-0.1, -0.05) is 6.92 Å². The zero-order valence-electron chi connectivity index (χ0n) is 11.8. The molecule has 4 heteroatoms. The quantitative estimate of drug-likeness (QED) is 0.803. The van der Waals surface area contributed by atoms with Crippen molar-refractivity contribution in [2.75, 3.05) is 32.8 Å². The van der Waals surface area contributed by atoms with Gasteiger partial charge in [0.2, 0.25) is 0 Å². The molecule has 1 saturated heterocycles. The second kappa shape index (κ2) is 6.55. The number of likely N-dealkylation sites (N-methyl/N-ethyl adjacent to an activating group) is 1. The Kier molecular flexibility index (Phi) is 5.03. The van der Waals surface area contributed by atoms with Gasteiger partial charge in [0, 0.05) is 25.6 Å². The van der Waals surface area contributed by atoms with Gasteiger partial charge in [0.1, 0.15) is 5.76 Å². The molecule has 2 aliphatic rings. The summed E-state index contributed by atoms with van der Waals surface area (Å²) >= 11 is 0. The van der Waals surface area contributed by atoms with Gasteiger partial charge in [0.05, 0.1) is 25.4 Å². The van der Waals surface area contributed by atoms with E-state index >= 15 is 0 Å². The minimum atomic E-state index is 0.199. The van der Waals surface area contributed by atoms with Gasteiger partial charge in [-0.15, -0.1) is 0 Å². The van der Waals surface area contributed by atoms with Crippen molar-refractivity contribution < 1.29 is 9.47 Å². The fourth-order valence-electron chi connectivity index (χ4n) is 2.66. The fourth-order valence-corrected chi connectivity index (χ4v) is 2.66. The van der Waals surface area contributed by atoms with Gasteiger partial charge in [-0.3, -0.25) is 4.90 Å². The van der Waals surface area contributed by atoms with Gasteiger partial charge in [-0.05, 0) is 26.5 Å². The van der Waals surface area contributed by atoms with Gasteiger partial charge in [0.25, 0.3) is 0 Å². The molecule has 18 heavy (non-hydrogen) atoms. The highest BCUT2D eigenvalue weighted by molar-refractivity contribution is 5.10. The Hall–Kier alpha value is -0.580. The number of hydrogen-bond acceptors (Lipinski definition) is 4. The molecule has 0 radical (unpaired) electrons. The molecule has 1 fully saturated rings. The van der Waals surface area contributed by atoms with Crippen LogP contribution in [0.25, 0.3) is 0 Å². The van der Waals surface area contributed by atoms with Crippen LogP contribution in [0.4, 0.5) is 0 Å². The highest BCUT2D eigenvalue weighted by Crippen LogP contribution is 2.21. The van der Waals surface area contributed by atoms with Gasteiger partial charge in [0.15, 0.2) is 0 Å². The third kappa shape index (κ3) is 3.25. The van der Waals surface area contributed by atoms with Crippen molar-refractivity contribution in [3.63, 3.8) is 0 Å². The Morgan fingerprint density at radius 3 is 2.89 bits per heavy atom. The Bertz CT molecular complexity index is 292. The first-order chi connectivity index (χ1) is 8.72. The number of rotatable bonds is 5. The summed E-state index contributed by atoms with van der Waals surface area (Å²) in [5.41, 5.74) is 0. The van der Waals surface area contributed by atoms with Crippen LogP contribution in [-0.4, -0.2) is 55.9 Å². The molecular weight excluding hydrogens is 228 g/mol. The summed E-state index contributed by atoms with van der Waals surface area (Å²) in [5.74, 6) is 1.08. The Balaban J connectivity index is 2.00. The molecule has 2 unspecified atom stereocenters. The van der Waals surface area contributed by atoms with Crippen molar-refractivity contribution >= 4 is 0 Å². The molecule has 4 nitrogen and oxygen atoms in total. The summed E-state index contributed by atoms with van der Waals surface area (Å²) in [6, 6.07) is 0.788. The van der Waals surface area contributed by atoms with Crippen molar-refractivity contribution in [1.82, 2.24) is 10.2 Å². The number of morpholine rings is 1. The van der Waals surface area contributed by atoms with Crippen LogP contribution < -0.4 is 5.32 Å². The number of nitrogens with zero attached hydrogens (tertiary/aromatic N) is 1. The van der Waals surface area contributed by atoms with Gasteiger partial charge in [-0.2, -0.15) is 0 Å². The molecule has 0 aromatic heterocycles. The van der Waals surface area contributed by atoms with Gasteiger partial charge >= 0.3 is 0 Å². The molecule has 2 heterocycles. The molecule has 0 saturated carbocycles. The van der Waals surface area contributed by atoms with E-state index in [9.17, 15) is 0 Å². The standard InChI is InChI=1S/C14H26N2O2/c1-4-15-14(12-6-5-8-17-12)13-10-16(11(2)3)7-9-18-13/h6,11,13-15H,4-5,7-10H2,1-3H3. The Morgan fingerprint density at radius 1 is 1.44 bits per heavy atom. The molecule has 2 aliphatic heterocycles. The topological polar surface area (TPSA) is 33.7 Å². The minimum Gasteiger partial charge on any atom is -0.496 e. The van der Waals surface area contributed by atoms with E-state index in [2.05, 4.69) is 37.1 Å². The number of hydrogen-bond donors (Lipinski definition) is 1. The van der Waals surface area contributed by atoms with E-state index in [0.29, 0.717) is 6.04 Å². The summed E-state index contributed by atoms with van der Waals surface area (Å²) in [4.78, 5) is 2.48. The molecule has 0 spiro atoms. The number of ether oxygens (including phenoxy) is 2. The predicted molar refractivity (Wildman–Crippen MR) is 72.6 cm³/mol. The average molecular weight is 254 g/mol. The van der Waals surface area contributed by atoms with Crippen LogP contribution in [-0.2, 0) is 9.47 Å². The van der Waals surface area contributed by atoms with Gasteiger partial charge in [-0.25, -0.2) is 0 Å². The molecule has 2 rings (SSSR count). The molecule has 0 bridgehead atoms. The SMILES string of the molecule is CCNC(C1=CCCO1)C1CN(C(C)C)CCO1.